The van der Waals surface area contributed by atoms with Crippen LogP contribution in [-0.2, 0) is 9.53 Å². The van der Waals surface area contributed by atoms with Crippen molar-refractivity contribution in [2.75, 3.05) is 12.8 Å². The average Bonchev–Trinajstić information content (AvgIpc) is 2.75. The summed E-state index contributed by atoms with van der Waals surface area (Å²) in [6.07, 6.45) is 3.81. The molecule has 0 spiro atoms. The first kappa shape index (κ1) is 11.3. The number of hydrogen-bond acceptors (Lipinski definition) is 6. The van der Waals surface area contributed by atoms with E-state index in [1.165, 1.54) is 18.4 Å². The summed E-state index contributed by atoms with van der Waals surface area (Å²) in [6, 6.07) is 0. The molecule has 0 saturated heterocycles. The van der Waals surface area contributed by atoms with Crippen molar-refractivity contribution in [1.82, 2.24) is 10.2 Å². The number of carbonyl (C=O) groups is 1. The molecule has 1 aliphatic carbocycles. The summed E-state index contributed by atoms with van der Waals surface area (Å²) in [5.74, 6) is 0.212. The van der Waals surface area contributed by atoms with E-state index in [4.69, 9.17) is 10.5 Å². The van der Waals surface area contributed by atoms with Gasteiger partial charge in [-0.05, 0) is 19.3 Å². The Labute approximate surface area is 98.0 Å². The molecule has 1 unspecified atom stereocenters. The lowest BCUT2D eigenvalue weighted by Gasteiger charge is -2.25. The lowest BCUT2D eigenvalue weighted by atomic mass is 9.82. The molecule has 6 heteroatoms. The number of ether oxygens (including phenoxy) is 1. The highest BCUT2D eigenvalue weighted by atomic mass is 32.1. The van der Waals surface area contributed by atoms with Crippen LogP contribution in [0.15, 0.2) is 0 Å². The second-order valence-corrected chi connectivity index (χ2v) is 5.10. The number of nitrogen functional groups attached to an aromatic ring is 1. The number of aromatic nitrogens is 2. The first-order valence-corrected chi connectivity index (χ1v) is 6.19. The molecule has 16 heavy (non-hydrogen) atoms. The normalized spacial score (nSPS) is 25.3. The maximum atomic E-state index is 11.5. The van der Waals surface area contributed by atoms with E-state index in [-0.39, 0.29) is 11.9 Å². The van der Waals surface area contributed by atoms with Crippen LogP contribution in [0.25, 0.3) is 0 Å². The smallest absolute Gasteiger partial charge is 0.308 e. The summed E-state index contributed by atoms with van der Waals surface area (Å²) in [7, 11) is 1.44. The van der Waals surface area contributed by atoms with Gasteiger partial charge in [0, 0.05) is 5.92 Å². The van der Waals surface area contributed by atoms with E-state index in [0.717, 1.165) is 30.7 Å². The number of rotatable bonds is 2. The van der Waals surface area contributed by atoms with Crippen molar-refractivity contribution < 1.29 is 9.53 Å². The van der Waals surface area contributed by atoms with E-state index >= 15 is 0 Å². The minimum atomic E-state index is -0.109. The number of carbonyl (C=O) groups excluding carboxylic acids is 1. The number of methoxy groups -OCH3 is 1. The van der Waals surface area contributed by atoms with Gasteiger partial charge in [0.25, 0.3) is 0 Å². The Kier molecular flexibility index (Phi) is 3.38. The van der Waals surface area contributed by atoms with Crippen LogP contribution >= 0.6 is 11.3 Å². The van der Waals surface area contributed by atoms with Crippen LogP contribution in [0.1, 0.15) is 36.6 Å². The third-order valence-electron chi connectivity index (χ3n) is 3.01. The molecule has 1 saturated carbocycles. The molecule has 0 radical (unpaired) electrons. The quantitative estimate of drug-likeness (QED) is 0.795. The monoisotopic (exact) mass is 241 g/mol. The third kappa shape index (κ3) is 2.32. The summed E-state index contributed by atoms with van der Waals surface area (Å²) >= 11 is 1.42. The minimum Gasteiger partial charge on any atom is -0.469 e. The van der Waals surface area contributed by atoms with Crippen molar-refractivity contribution in [2.24, 2.45) is 5.92 Å². The maximum absolute atomic E-state index is 11.5. The maximum Gasteiger partial charge on any atom is 0.308 e. The molecular formula is C10H15N3O2S. The van der Waals surface area contributed by atoms with Crippen molar-refractivity contribution in [1.29, 1.82) is 0 Å². The van der Waals surface area contributed by atoms with Crippen LogP contribution < -0.4 is 5.73 Å². The molecule has 1 aliphatic rings. The van der Waals surface area contributed by atoms with Gasteiger partial charge in [-0.2, -0.15) is 0 Å². The summed E-state index contributed by atoms with van der Waals surface area (Å²) in [5.41, 5.74) is 5.56. The van der Waals surface area contributed by atoms with E-state index in [1.54, 1.807) is 0 Å². The Morgan fingerprint density at radius 3 is 2.94 bits per heavy atom. The van der Waals surface area contributed by atoms with Gasteiger partial charge < -0.3 is 10.5 Å². The number of nitrogens with two attached hydrogens (primary N) is 1. The Bertz CT molecular complexity index is 380. The fourth-order valence-corrected chi connectivity index (χ4v) is 2.96. The van der Waals surface area contributed by atoms with E-state index in [1.807, 2.05) is 0 Å². The molecule has 1 aromatic heterocycles. The summed E-state index contributed by atoms with van der Waals surface area (Å²) < 4.78 is 4.78. The van der Waals surface area contributed by atoms with Gasteiger partial charge in [0.2, 0.25) is 5.13 Å². The molecule has 0 aliphatic heterocycles. The topological polar surface area (TPSA) is 78.1 Å². The van der Waals surface area contributed by atoms with Crippen molar-refractivity contribution in [2.45, 2.75) is 31.6 Å². The molecule has 1 heterocycles. The van der Waals surface area contributed by atoms with Crippen LogP contribution in [0, 0.1) is 5.92 Å². The van der Waals surface area contributed by atoms with Gasteiger partial charge >= 0.3 is 5.97 Å². The zero-order valence-electron chi connectivity index (χ0n) is 9.18. The van der Waals surface area contributed by atoms with Crippen LogP contribution in [0.2, 0.25) is 0 Å². The second kappa shape index (κ2) is 4.78. The Morgan fingerprint density at radius 1 is 1.50 bits per heavy atom. The zero-order chi connectivity index (χ0) is 11.5. The molecule has 0 bridgehead atoms. The number of nitrogens with zero attached hydrogens (tertiary/aromatic N) is 2. The van der Waals surface area contributed by atoms with Gasteiger partial charge in [-0.1, -0.05) is 17.8 Å². The number of esters is 1. The van der Waals surface area contributed by atoms with Crippen LogP contribution in [0.5, 0.6) is 0 Å². The zero-order valence-corrected chi connectivity index (χ0v) is 10.00. The highest BCUT2D eigenvalue weighted by Gasteiger charge is 2.30. The van der Waals surface area contributed by atoms with Crippen LogP contribution in [0.3, 0.4) is 0 Å². The summed E-state index contributed by atoms with van der Waals surface area (Å²) in [5, 5.41) is 9.31. The molecular weight excluding hydrogens is 226 g/mol. The Balaban J connectivity index is 2.04. The van der Waals surface area contributed by atoms with Crippen molar-refractivity contribution >= 4 is 22.4 Å². The van der Waals surface area contributed by atoms with Crippen molar-refractivity contribution in [3.63, 3.8) is 0 Å². The highest BCUT2D eigenvalue weighted by molar-refractivity contribution is 7.15. The summed E-state index contributed by atoms with van der Waals surface area (Å²) in [4.78, 5) is 11.5. The van der Waals surface area contributed by atoms with Crippen molar-refractivity contribution in [3.05, 3.63) is 5.01 Å². The Hall–Kier alpha value is -1.17. The van der Waals surface area contributed by atoms with E-state index < -0.39 is 0 Å². The first-order chi connectivity index (χ1) is 7.70. The predicted molar refractivity (Wildman–Crippen MR) is 61.0 cm³/mol. The lowest BCUT2D eigenvalue weighted by Crippen LogP contribution is -2.23. The van der Waals surface area contributed by atoms with E-state index in [9.17, 15) is 4.79 Å². The third-order valence-corrected chi connectivity index (χ3v) is 3.93. The van der Waals surface area contributed by atoms with Gasteiger partial charge in [0.1, 0.15) is 5.01 Å². The van der Waals surface area contributed by atoms with Gasteiger partial charge in [0.05, 0.1) is 13.0 Å². The second-order valence-electron chi connectivity index (χ2n) is 4.06. The molecule has 2 N–H and O–H groups in total. The first-order valence-electron chi connectivity index (χ1n) is 5.37. The SMILES string of the molecule is COC(=O)C1CCC[C@H](c2nnc(N)s2)C1. The fourth-order valence-electron chi connectivity index (χ4n) is 2.21. The fraction of sp³-hybridized carbons (Fsp3) is 0.700. The highest BCUT2D eigenvalue weighted by Crippen LogP contribution is 2.38. The van der Waals surface area contributed by atoms with Crippen LogP contribution in [0.4, 0.5) is 5.13 Å². The number of hydrogen-bond donors (Lipinski definition) is 1. The van der Waals surface area contributed by atoms with Crippen molar-refractivity contribution in [3.8, 4) is 0 Å². The molecule has 2 atom stereocenters. The molecule has 1 aromatic rings. The standard InChI is InChI=1S/C10H15N3O2S/c1-15-9(14)7-4-2-3-6(5-7)8-12-13-10(11)16-8/h6-7H,2-5H2,1H3,(H2,11,13)/t6-,7?/m0/s1. The van der Waals surface area contributed by atoms with E-state index in [0.29, 0.717) is 11.0 Å². The minimum absolute atomic E-state index is 0.00822. The number of anilines is 1. The molecule has 0 amide bonds. The van der Waals surface area contributed by atoms with Gasteiger partial charge in [-0.3, -0.25) is 4.79 Å². The molecule has 5 nitrogen and oxygen atoms in total. The predicted octanol–water partition coefficient (Wildman–Crippen LogP) is 1.57. The van der Waals surface area contributed by atoms with Gasteiger partial charge in [0.15, 0.2) is 0 Å². The molecule has 0 aromatic carbocycles. The molecule has 88 valence electrons. The Morgan fingerprint density at radius 2 is 2.31 bits per heavy atom. The summed E-state index contributed by atoms with van der Waals surface area (Å²) in [6.45, 7) is 0. The van der Waals surface area contributed by atoms with Crippen LogP contribution in [-0.4, -0.2) is 23.3 Å². The largest absolute Gasteiger partial charge is 0.469 e. The lowest BCUT2D eigenvalue weighted by molar-refractivity contribution is -0.146. The van der Waals surface area contributed by atoms with Gasteiger partial charge in [-0.25, -0.2) is 0 Å². The average molecular weight is 241 g/mol. The molecule has 1 fully saturated rings. The van der Waals surface area contributed by atoms with E-state index in [2.05, 4.69) is 10.2 Å². The van der Waals surface area contributed by atoms with Gasteiger partial charge in [-0.15, -0.1) is 10.2 Å². The molecule has 2 rings (SSSR count).